The van der Waals surface area contributed by atoms with Gasteiger partial charge in [-0.1, -0.05) is 13.8 Å². The van der Waals surface area contributed by atoms with E-state index in [0.717, 1.165) is 12.8 Å². The lowest BCUT2D eigenvalue weighted by atomic mass is 9.83. The Morgan fingerprint density at radius 2 is 1.92 bits per heavy atom. The van der Waals surface area contributed by atoms with Crippen LogP contribution in [-0.4, -0.2) is 31.3 Å². The molecule has 0 radical (unpaired) electrons. The Morgan fingerprint density at radius 1 is 1.38 bits per heavy atom. The number of hydrogen-bond acceptors (Lipinski definition) is 2. The van der Waals surface area contributed by atoms with Crippen molar-refractivity contribution in [2.24, 2.45) is 5.41 Å². The highest BCUT2D eigenvalue weighted by Crippen LogP contribution is 2.24. The molecular formula is C9H20N2O2. The largest absolute Gasteiger partial charge is 0.396 e. The van der Waals surface area contributed by atoms with Gasteiger partial charge in [0.25, 0.3) is 0 Å². The van der Waals surface area contributed by atoms with Crippen LogP contribution in [0.5, 0.6) is 0 Å². The third kappa shape index (κ3) is 3.63. The van der Waals surface area contributed by atoms with E-state index in [2.05, 4.69) is 10.6 Å². The molecule has 0 atom stereocenters. The number of carbonyl (C=O) groups excluding carboxylic acids is 1. The first-order valence-electron chi connectivity index (χ1n) is 4.70. The van der Waals surface area contributed by atoms with Gasteiger partial charge in [-0.05, 0) is 12.8 Å². The lowest BCUT2D eigenvalue weighted by molar-refractivity contribution is 0.115. The van der Waals surface area contributed by atoms with Crippen LogP contribution in [0.3, 0.4) is 0 Å². The van der Waals surface area contributed by atoms with Crippen LogP contribution in [0.1, 0.15) is 26.7 Å². The van der Waals surface area contributed by atoms with Gasteiger partial charge in [0.1, 0.15) is 0 Å². The van der Waals surface area contributed by atoms with Gasteiger partial charge in [0.2, 0.25) is 0 Å². The first-order valence-corrected chi connectivity index (χ1v) is 4.70. The maximum absolute atomic E-state index is 10.9. The predicted molar refractivity (Wildman–Crippen MR) is 52.6 cm³/mol. The lowest BCUT2D eigenvalue weighted by Crippen LogP contribution is -2.42. The summed E-state index contributed by atoms with van der Waals surface area (Å²) in [7, 11) is 1.58. The molecule has 0 saturated carbocycles. The van der Waals surface area contributed by atoms with Crippen LogP contribution in [0.2, 0.25) is 0 Å². The molecule has 4 heteroatoms. The van der Waals surface area contributed by atoms with Gasteiger partial charge in [-0.15, -0.1) is 0 Å². The highest BCUT2D eigenvalue weighted by atomic mass is 16.3. The summed E-state index contributed by atoms with van der Waals surface area (Å²) < 4.78 is 0. The molecule has 0 rings (SSSR count). The second-order valence-electron chi connectivity index (χ2n) is 3.30. The van der Waals surface area contributed by atoms with E-state index in [-0.39, 0.29) is 18.1 Å². The van der Waals surface area contributed by atoms with Gasteiger partial charge >= 0.3 is 6.03 Å². The van der Waals surface area contributed by atoms with E-state index in [9.17, 15) is 9.90 Å². The summed E-state index contributed by atoms with van der Waals surface area (Å²) in [5, 5.41) is 14.4. The zero-order valence-electron chi connectivity index (χ0n) is 8.68. The van der Waals surface area contributed by atoms with Gasteiger partial charge in [-0.3, -0.25) is 0 Å². The molecule has 0 aromatic rings. The van der Waals surface area contributed by atoms with Crippen molar-refractivity contribution in [2.75, 3.05) is 20.2 Å². The summed E-state index contributed by atoms with van der Waals surface area (Å²) in [6.07, 6.45) is 1.73. The molecule has 0 heterocycles. The number of rotatable bonds is 5. The Bertz CT molecular complexity index is 147. The first-order chi connectivity index (χ1) is 6.14. The minimum Gasteiger partial charge on any atom is -0.396 e. The maximum Gasteiger partial charge on any atom is 0.314 e. The second kappa shape index (κ2) is 5.80. The van der Waals surface area contributed by atoms with E-state index in [0.29, 0.717) is 6.54 Å². The average Bonchev–Trinajstić information content (AvgIpc) is 2.20. The minimum absolute atomic E-state index is 0.115. The van der Waals surface area contributed by atoms with Crippen LogP contribution in [0.4, 0.5) is 4.79 Å². The van der Waals surface area contributed by atoms with Crippen molar-refractivity contribution in [3.8, 4) is 0 Å². The lowest BCUT2D eigenvalue weighted by Gasteiger charge is -2.29. The fraction of sp³-hybridized carbons (Fsp3) is 0.889. The molecule has 0 aromatic heterocycles. The number of nitrogens with one attached hydrogen (secondary N) is 2. The molecule has 4 nitrogen and oxygen atoms in total. The second-order valence-corrected chi connectivity index (χ2v) is 3.30. The summed E-state index contributed by atoms with van der Waals surface area (Å²) >= 11 is 0. The number of urea groups is 1. The van der Waals surface area contributed by atoms with E-state index in [1.54, 1.807) is 7.05 Å². The van der Waals surface area contributed by atoms with Gasteiger partial charge in [-0.2, -0.15) is 0 Å². The Morgan fingerprint density at radius 3 is 2.23 bits per heavy atom. The number of aliphatic hydroxyl groups is 1. The molecule has 3 N–H and O–H groups in total. The van der Waals surface area contributed by atoms with Crippen molar-refractivity contribution in [3.63, 3.8) is 0 Å². The van der Waals surface area contributed by atoms with E-state index >= 15 is 0 Å². The van der Waals surface area contributed by atoms with Crippen LogP contribution in [0.25, 0.3) is 0 Å². The van der Waals surface area contributed by atoms with Crippen molar-refractivity contribution in [1.29, 1.82) is 0 Å². The van der Waals surface area contributed by atoms with E-state index < -0.39 is 0 Å². The normalized spacial score (nSPS) is 11.1. The highest BCUT2D eigenvalue weighted by Gasteiger charge is 2.25. The molecule has 0 aliphatic rings. The standard InChI is InChI=1S/C9H20N2O2/c1-4-9(5-2,7-12)6-11-8(13)10-3/h12H,4-7H2,1-3H3,(H2,10,11,13). The number of aliphatic hydroxyl groups excluding tert-OH is 1. The quantitative estimate of drug-likeness (QED) is 0.595. The third-order valence-corrected chi connectivity index (χ3v) is 2.69. The van der Waals surface area contributed by atoms with Gasteiger partial charge < -0.3 is 15.7 Å². The van der Waals surface area contributed by atoms with Crippen LogP contribution in [0.15, 0.2) is 0 Å². The molecule has 13 heavy (non-hydrogen) atoms. The van der Waals surface area contributed by atoms with Crippen LogP contribution >= 0.6 is 0 Å². The zero-order chi connectivity index (χ0) is 10.3. The number of carbonyl (C=O) groups is 1. The van der Waals surface area contributed by atoms with Gasteiger partial charge in [0.15, 0.2) is 0 Å². The summed E-state index contributed by atoms with van der Waals surface area (Å²) in [5.74, 6) is 0. The van der Waals surface area contributed by atoms with E-state index in [1.165, 1.54) is 0 Å². The number of hydrogen-bond donors (Lipinski definition) is 3. The third-order valence-electron chi connectivity index (χ3n) is 2.69. The molecule has 0 fully saturated rings. The van der Waals surface area contributed by atoms with Crippen molar-refractivity contribution >= 4 is 6.03 Å². The van der Waals surface area contributed by atoms with Crippen LogP contribution in [-0.2, 0) is 0 Å². The topological polar surface area (TPSA) is 61.4 Å². The van der Waals surface area contributed by atoms with E-state index in [1.807, 2.05) is 13.8 Å². The SMILES string of the molecule is CCC(CC)(CO)CNC(=O)NC. The Labute approximate surface area is 79.7 Å². The highest BCUT2D eigenvalue weighted by molar-refractivity contribution is 5.73. The molecule has 78 valence electrons. The smallest absolute Gasteiger partial charge is 0.314 e. The summed E-state index contributed by atoms with van der Waals surface area (Å²) in [5.41, 5.74) is -0.160. The monoisotopic (exact) mass is 188 g/mol. The van der Waals surface area contributed by atoms with Crippen molar-refractivity contribution in [2.45, 2.75) is 26.7 Å². The number of amides is 2. The summed E-state index contributed by atoms with van der Waals surface area (Å²) in [6.45, 7) is 4.68. The van der Waals surface area contributed by atoms with E-state index in [4.69, 9.17) is 0 Å². The van der Waals surface area contributed by atoms with Gasteiger partial charge in [0.05, 0.1) is 6.61 Å². The van der Waals surface area contributed by atoms with Crippen molar-refractivity contribution < 1.29 is 9.90 Å². The average molecular weight is 188 g/mol. The molecule has 2 amide bonds. The molecule has 0 aliphatic carbocycles. The molecule has 0 bridgehead atoms. The minimum atomic E-state index is -0.195. The molecule has 0 aromatic carbocycles. The van der Waals surface area contributed by atoms with Crippen molar-refractivity contribution in [3.05, 3.63) is 0 Å². The maximum atomic E-state index is 10.9. The molecule has 0 unspecified atom stereocenters. The molecule has 0 aliphatic heterocycles. The predicted octanol–water partition coefficient (Wildman–Crippen LogP) is 0.714. The fourth-order valence-electron chi connectivity index (χ4n) is 1.14. The van der Waals surface area contributed by atoms with Crippen molar-refractivity contribution in [1.82, 2.24) is 10.6 Å². The Hall–Kier alpha value is -0.770. The Kier molecular flexibility index (Phi) is 5.46. The molecule has 0 spiro atoms. The summed E-state index contributed by atoms with van der Waals surface area (Å²) in [4.78, 5) is 10.9. The fourth-order valence-corrected chi connectivity index (χ4v) is 1.14. The Balaban J connectivity index is 4.02. The zero-order valence-corrected chi connectivity index (χ0v) is 8.68. The van der Waals surface area contributed by atoms with Gasteiger partial charge in [-0.25, -0.2) is 4.79 Å². The van der Waals surface area contributed by atoms with Gasteiger partial charge in [0, 0.05) is 19.0 Å². The summed E-state index contributed by atoms with van der Waals surface area (Å²) in [6, 6.07) is -0.195. The first kappa shape index (κ1) is 12.2. The molecular weight excluding hydrogens is 168 g/mol. The molecule has 0 saturated heterocycles. The van der Waals surface area contributed by atoms with Crippen LogP contribution in [0, 0.1) is 5.41 Å². The van der Waals surface area contributed by atoms with Crippen LogP contribution < -0.4 is 10.6 Å².